The third-order valence-electron chi connectivity index (χ3n) is 3.89. The SMILES string of the molecule is NC(=O)c1ccc(-c2ccccc2)c(SN2CCCCC2)c1. The molecule has 0 spiro atoms. The molecule has 1 amide bonds. The number of nitrogens with two attached hydrogens (primary N) is 1. The summed E-state index contributed by atoms with van der Waals surface area (Å²) >= 11 is 1.74. The molecule has 1 aliphatic rings. The van der Waals surface area contributed by atoms with Crippen LogP contribution >= 0.6 is 11.9 Å². The Morgan fingerprint density at radius 2 is 1.73 bits per heavy atom. The molecule has 114 valence electrons. The van der Waals surface area contributed by atoms with Crippen LogP contribution in [0, 0.1) is 0 Å². The number of nitrogens with zero attached hydrogens (tertiary/aromatic N) is 1. The number of rotatable bonds is 4. The molecule has 3 rings (SSSR count). The van der Waals surface area contributed by atoms with Crippen molar-refractivity contribution in [3.63, 3.8) is 0 Å². The molecule has 0 saturated carbocycles. The van der Waals surface area contributed by atoms with Crippen molar-refractivity contribution >= 4 is 17.9 Å². The summed E-state index contributed by atoms with van der Waals surface area (Å²) in [6.45, 7) is 2.19. The molecular weight excluding hydrogens is 292 g/mol. The molecule has 1 fully saturated rings. The van der Waals surface area contributed by atoms with Crippen LogP contribution in [0.25, 0.3) is 11.1 Å². The summed E-state index contributed by atoms with van der Waals surface area (Å²) < 4.78 is 2.38. The summed E-state index contributed by atoms with van der Waals surface area (Å²) in [6.07, 6.45) is 3.79. The smallest absolute Gasteiger partial charge is 0.248 e. The van der Waals surface area contributed by atoms with E-state index in [4.69, 9.17) is 5.73 Å². The average Bonchev–Trinajstić information content (AvgIpc) is 2.56. The summed E-state index contributed by atoms with van der Waals surface area (Å²) in [6, 6.07) is 16.0. The maximum Gasteiger partial charge on any atom is 0.248 e. The first-order valence-corrected chi connectivity index (χ1v) is 8.43. The number of carbonyl (C=O) groups excluding carboxylic acids is 1. The predicted molar refractivity (Wildman–Crippen MR) is 91.7 cm³/mol. The highest BCUT2D eigenvalue weighted by atomic mass is 32.2. The molecule has 1 heterocycles. The molecule has 1 aliphatic heterocycles. The fourth-order valence-corrected chi connectivity index (χ4v) is 3.89. The van der Waals surface area contributed by atoms with E-state index in [1.165, 1.54) is 19.3 Å². The molecule has 2 aromatic carbocycles. The Labute approximate surface area is 135 Å². The van der Waals surface area contributed by atoms with Gasteiger partial charge in [-0.1, -0.05) is 42.8 Å². The maximum absolute atomic E-state index is 11.5. The Balaban J connectivity index is 1.95. The first kappa shape index (κ1) is 15.1. The quantitative estimate of drug-likeness (QED) is 0.870. The third-order valence-corrected chi connectivity index (χ3v) is 5.05. The molecule has 0 bridgehead atoms. The minimum atomic E-state index is -0.375. The lowest BCUT2D eigenvalue weighted by Crippen LogP contribution is -2.23. The Kier molecular flexibility index (Phi) is 4.80. The number of primary amides is 1. The standard InChI is InChI=1S/C18H20N2OS/c19-18(21)15-9-10-16(14-7-3-1-4-8-14)17(13-15)22-20-11-5-2-6-12-20/h1,3-4,7-10,13H,2,5-6,11-12H2,(H2,19,21). The molecule has 0 atom stereocenters. The zero-order valence-corrected chi connectivity index (χ0v) is 13.3. The van der Waals surface area contributed by atoms with E-state index in [0.29, 0.717) is 5.56 Å². The molecule has 3 nitrogen and oxygen atoms in total. The molecule has 22 heavy (non-hydrogen) atoms. The fourth-order valence-electron chi connectivity index (χ4n) is 2.70. The number of hydrogen-bond donors (Lipinski definition) is 1. The lowest BCUT2D eigenvalue weighted by molar-refractivity contribution is 0.1000. The highest BCUT2D eigenvalue weighted by Gasteiger charge is 2.16. The van der Waals surface area contributed by atoms with Gasteiger partial charge in [-0.2, -0.15) is 0 Å². The van der Waals surface area contributed by atoms with Crippen LogP contribution in [-0.2, 0) is 0 Å². The van der Waals surface area contributed by atoms with Crippen LogP contribution in [0.5, 0.6) is 0 Å². The van der Waals surface area contributed by atoms with Crippen molar-refractivity contribution in [3.8, 4) is 11.1 Å². The van der Waals surface area contributed by atoms with Crippen LogP contribution in [0.2, 0.25) is 0 Å². The van der Waals surface area contributed by atoms with Crippen molar-refractivity contribution in [1.29, 1.82) is 0 Å². The molecule has 2 aromatic rings. The van der Waals surface area contributed by atoms with E-state index in [0.717, 1.165) is 29.1 Å². The van der Waals surface area contributed by atoms with Gasteiger partial charge in [-0.3, -0.25) is 4.79 Å². The van der Waals surface area contributed by atoms with Crippen molar-refractivity contribution in [2.24, 2.45) is 5.73 Å². The zero-order valence-electron chi connectivity index (χ0n) is 12.5. The topological polar surface area (TPSA) is 46.3 Å². The number of carbonyl (C=O) groups is 1. The second-order valence-electron chi connectivity index (χ2n) is 5.52. The summed E-state index contributed by atoms with van der Waals surface area (Å²) in [4.78, 5) is 12.6. The van der Waals surface area contributed by atoms with Crippen molar-refractivity contribution in [1.82, 2.24) is 4.31 Å². The fraction of sp³-hybridized carbons (Fsp3) is 0.278. The summed E-state index contributed by atoms with van der Waals surface area (Å²) in [5.41, 5.74) is 8.33. The summed E-state index contributed by atoms with van der Waals surface area (Å²) in [5.74, 6) is -0.375. The highest BCUT2D eigenvalue weighted by molar-refractivity contribution is 7.97. The monoisotopic (exact) mass is 312 g/mol. The van der Waals surface area contributed by atoms with Crippen LogP contribution in [0.3, 0.4) is 0 Å². The average molecular weight is 312 g/mol. The van der Waals surface area contributed by atoms with Gasteiger partial charge in [0.2, 0.25) is 5.91 Å². The number of piperidine rings is 1. The van der Waals surface area contributed by atoms with Gasteiger partial charge >= 0.3 is 0 Å². The van der Waals surface area contributed by atoms with Crippen LogP contribution in [0.4, 0.5) is 0 Å². The molecule has 0 unspecified atom stereocenters. The van der Waals surface area contributed by atoms with E-state index in [2.05, 4.69) is 16.4 Å². The predicted octanol–water partition coefficient (Wildman–Crippen LogP) is 3.95. The largest absolute Gasteiger partial charge is 0.366 e. The van der Waals surface area contributed by atoms with Gasteiger partial charge in [-0.25, -0.2) is 4.31 Å². The first-order valence-electron chi connectivity index (χ1n) is 7.66. The Morgan fingerprint density at radius 3 is 2.41 bits per heavy atom. The lowest BCUT2D eigenvalue weighted by Gasteiger charge is -2.26. The van der Waals surface area contributed by atoms with E-state index in [1.54, 1.807) is 11.9 Å². The second kappa shape index (κ2) is 6.99. The van der Waals surface area contributed by atoms with Crippen LogP contribution in [-0.4, -0.2) is 23.3 Å². The second-order valence-corrected chi connectivity index (χ2v) is 6.66. The van der Waals surface area contributed by atoms with Crippen molar-refractivity contribution in [2.45, 2.75) is 24.2 Å². The minimum Gasteiger partial charge on any atom is -0.366 e. The number of benzene rings is 2. The van der Waals surface area contributed by atoms with Gasteiger partial charge in [0.25, 0.3) is 0 Å². The number of amides is 1. The molecule has 4 heteroatoms. The molecule has 1 saturated heterocycles. The summed E-state index contributed by atoms with van der Waals surface area (Å²) in [7, 11) is 0. The van der Waals surface area contributed by atoms with Gasteiger partial charge in [0.1, 0.15) is 0 Å². The van der Waals surface area contributed by atoms with E-state index < -0.39 is 0 Å². The van der Waals surface area contributed by atoms with E-state index >= 15 is 0 Å². The first-order chi connectivity index (χ1) is 10.7. The lowest BCUT2D eigenvalue weighted by atomic mass is 10.0. The number of hydrogen-bond acceptors (Lipinski definition) is 3. The van der Waals surface area contributed by atoms with Gasteiger partial charge in [0, 0.05) is 23.5 Å². The Hall–Kier alpha value is -1.78. The van der Waals surface area contributed by atoms with Gasteiger partial charge in [-0.15, -0.1) is 0 Å². The minimum absolute atomic E-state index is 0.375. The van der Waals surface area contributed by atoms with Gasteiger partial charge in [0.05, 0.1) is 0 Å². The Bertz CT molecular complexity index is 651. The molecule has 0 aromatic heterocycles. The summed E-state index contributed by atoms with van der Waals surface area (Å²) in [5, 5.41) is 0. The van der Waals surface area contributed by atoms with E-state index in [1.807, 2.05) is 36.4 Å². The van der Waals surface area contributed by atoms with Crippen molar-refractivity contribution in [3.05, 3.63) is 54.1 Å². The molecule has 0 radical (unpaired) electrons. The van der Waals surface area contributed by atoms with E-state index in [-0.39, 0.29) is 5.91 Å². The van der Waals surface area contributed by atoms with Crippen LogP contribution in [0.1, 0.15) is 29.6 Å². The molecular formula is C18H20N2OS. The molecule has 2 N–H and O–H groups in total. The van der Waals surface area contributed by atoms with Gasteiger partial charge < -0.3 is 5.73 Å². The van der Waals surface area contributed by atoms with Gasteiger partial charge in [0.15, 0.2) is 0 Å². The zero-order chi connectivity index (χ0) is 15.4. The Morgan fingerprint density at radius 1 is 1.00 bits per heavy atom. The normalized spacial score (nSPS) is 15.6. The highest BCUT2D eigenvalue weighted by Crippen LogP contribution is 2.35. The van der Waals surface area contributed by atoms with Gasteiger partial charge in [-0.05, 0) is 48.0 Å². The van der Waals surface area contributed by atoms with Crippen molar-refractivity contribution in [2.75, 3.05) is 13.1 Å². The van der Waals surface area contributed by atoms with Crippen LogP contribution < -0.4 is 5.73 Å². The maximum atomic E-state index is 11.5. The third kappa shape index (κ3) is 3.51. The van der Waals surface area contributed by atoms with Crippen LogP contribution in [0.15, 0.2) is 53.4 Å². The molecule has 0 aliphatic carbocycles. The van der Waals surface area contributed by atoms with Crippen molar-refractivity contribution < 1.29 is 4.79 Å². The van der Waals surface area contributed by atoms with E-state index in [9.17, 15) is 4.79 Å².